The summed E-state index contributed by atoms with van der Waals surface area (Å²) in [6.45, 7) is 5.75. The van der Waals surface area contributed by atoms with Crippen molar-refractivity contribution in [2.45, 2.75) is 32.4 Å². The molecule has 17 heavy (non-hydrogen) atoms. The lowest BCUT2D eigenvalue weighted by Gasteiger charge is -2.40. The third kappa shape index (κ3) is 2.99. The van der Waals surface area contributed by atoms with Crippen molar-refractivity contribution in [3.05, 3.63) is 22.9 Å². The van der Waals surface area contributed by atoms with E-state index in [-0.39, 0.29) is 0 Å². The zero-order chi connectivity index (χ0) is 12.4. The van der Waals surface area contributed by atoms with Gasteiger partial charge in [0.15, 0.2) is 0 Å². The first-order chi connectivity index (χ1) is 8.08. The molecule has 3 atom stereocenters. The first-order valence-electron chi connectivity index (χ1n) is 6.15. The first-order valence-corrected chi connectivity index (χ1v) is 6.94. The van der Waals surface area contributed by atoms with Gasteiger partial charge >= 0.3 is 0 Å². The summed E-state index contributed by atoms with van der Waals surface area (Å²) in [4.78, 5) is 6.68. The van der Waals surface area contributed by atoms with Crippen molar-refractivity contribution >= 4 is 21.6 Å². The van der Waals surface area contributed by atoms with Gasteiger partial charge in [0.1, 0.15) is 4.60 Å². The van der Waals surface area contributed by atoms with Crippen molar-refractivity contribution < 1.29 is 0 Å². The highest BCUT2D eigenvalue weighted by atomic mass is 79.9. The molecule has 1 fully saturated rings. The Morgan fingerprint density at radius 1 is 1.47 bits per heavy atom. The summed E-state index contributed by atoms with van der Waals surface area (Å²) in [5, 5.41) is 3.61. The summed E-state index contributed by atoms with van der Waals surface area (Å²) >= 11 is 3.49. The van der Waals surface area contributed by atoms with Crippen LogP contribution in [0, 0.1) is 5.92 Å². The largest absolute Gasteiger partial charge is 0.380 e. The molecule has 0 amide bonds. The Balaban J connectivity index is 2.06. The van der Waals surface area contributed by atoms with Crippen molar-refractivity contribution in [2.75, 3.05) is 18.9 Å². The molecule has 0 aliphatic carbocycles. The molecule has 1 aliphatic rings. The average molecular weight is 298 g/mol. The molecule has 1 saturated heterocycles. The Morgan fingerprint density at radius 2 is 2.24 bits per heavy atom. The maximum Gasteiger partial charge on any atom is 0.129 e. The molecular weight excluding hydrogens is 278 g/mol. The third-order valence-corrected chi connectivity index (χ3v) is 4.34. The molecule has 0 saturated carbocycles. The van der Waals surface area contributed by atoms with E-state index in [1.807, 2.05) is 6.07 Å². The monoisotopic (exact) mass is 297 g/mol. The first kappa shape index (κ1) is 12.8. The molecule has 94 valence electrons. The fourth-order valence-electron chi connectivity index (χ4n) is 2.44. The topological polar surface area (TPSA) is 28.2 Å². The van der Waals surface area contributed by atoms with Gasteiger partial charge in [0, 0.05) is 24.8 Å². The van der Waals surface area contributed by atoms with Gasteiger partial charge in [-0.05, 0) is 54.4 Å². The van der Waals surface area contributed by atoms with E-state index in [0.29, 0.717) is 18.0 Å². The van der Waals surface area contributed by atoms with Gasteiger partial charge in [-0.15, -0.1) is 0 Å². The molecule has 1 aliphatic heterocycles. The van der Waals surface area contributed by atoms with E-state index in [4.69, 9.17) is 0 Å². The van der Waals surface area contributed by atoms with Crippen molar-refractivity contribution in [3.63, 3.8) is 0 Å². The molecule has 2 rings (SSSR count). The maximum atomic E-state index is 4.25. The molecule has 1 aromatic heterocycles. The van der Waals surface area contributed by atoms with E-state index in [1.54, 1.807) is 6.20 Å². The summed E-state index contributed by atoms with van der Waals surface area (Å²) in [5.74, 6) is 0.656. The Bertz CT molecular complexity index is 383. The highest BCUT2D eigenvalue weighted by Gasteiger charge is 2.28. The Hall–Kier alpha value is -0.610. The van der Waals surface area contributed by atoms with Crippen LogP contribution in [-0.4, -0.2) is 35.6 Å². The van der Waals surface area contributed by atoms with Gasteiger partial charge in [0.2, 0.25) is 0 Å². The van der Waals surface area contributed by atoms with Gasteiger partial charge in [-0.3, -0.25) is 0 Å². The number of piperidine rings is 1. The minimum Gasteiger partial charge on any atom is -0.380 e. The van der Waals surface area contributed by atoms with Crippen molar-refractivity contribution in [2.24, 2.45) is 5.92 Å². The van der Waals surface area contributed by atoms with Crippen molar-refractivity contribution in [1.29, 1.82) is 0 Å². The summed E-state index contributed by atoms with van der Waals surface area (Å²) in [6, 6.07) is 5.21. The van der Waals surface area contributed by atoms with E-state index >= 15 is 0 Å². The standard InChI is InChI=1S/C13H20BrN3/c1-9-8-17(3)10(2)7-12(9)16-11-5-4-6-15-13(11)14/h4-6,9-10,12,16H,7-8H2,1-3H3. The zero-order valence-corrected chi connectivity index (χ0v) is 12.2. The maximum absolute atomic E-state index is 4.25. The predicted molar refractivity (Wildman–Crippen MR) is 75.2 cm³/mol. The Kier molecular flexibility index (Phi) is 4.05. The minimum atomic E-state index is 0.529. The SMILES string of the molecule is CC1CN(C)C(C)CC1Nc1cccnc1Br. The van der Waals surface area contributed by atoms with E-state index in [2.05, 4.69) is 58.1 Å². The van der Waals surface area contributed by atoms with Gasteiger partial charge in [0.25, 0.3) is 0 Å². The number of likely N-dealkylation sites (tertiary alicyclic amines) is 1. The number of pyridine rings is 1. The van der Waals surface area contributed by atoms with Crippen LogP contribution in [-0.2, 0) is 0 Å². The molecule has 0 spiro atoms. The average Bonchev–Trinajstić information content (AvgIpc) is 2.29. The lowest BCUT2D eigenvalue weighted by atomic mass is 9.90. The summed E-state index contributed by atoms with van der Waals surface area (Å²) < 4.78 is 0.902. The lowest BCUT2D eigenvalue weighted by Crippen LogP contribution is -2.48. The molecular formula is C13H20BrN3. The Labute approximate surface area is 112 Å². The number of nitrogens with one attached hydrogen (secondary N) is 1. The van der Waals surface area contributed by atoms with Crippen LogP contribution in [0.2, 0.25) is 0 Å². The van der Waals surface area contributed by atoms with Gasteiger partial charge in [-0.1, -0.05) is 6.92 Å². The van der Waals surface area contributed by atoms with Gasteiger partial charge in [-0.25, -0.2) is 4.98 Å². The summed E-state index contributed by atoms with van der Waals surface area (Å²) in [6.07, 6.45) is 2.98. The van der Waals surface area contributed by atoms with Crippen LogP contribution in [0.4, 0.5) is 5.69 Å². The molecule has 0 aromatic carbocycles. The van der Waals surface area contributed by atoms with E-state index in [1.165, 1.54) is 6.42 Å². The second-order valence-corrected chi connectivity index (χ2v) is 5.85. The van der Waals surface area contributed by atoms with E-state index in [9.17, 15) is 0 Å². The van der Waals surface area contributed by atoms with E-state index < -0.39 is 0 Å². The molecule has 3 unspecified atom stereocenters. The highest BCUT2D eigenvalue weighted by molar-refractivity contribution is 9.10. The van der Waals surface area contributed by atoms with Crippen LogP contribution in [0.15, 0.2) is 22.9 Å². The van der Waals surface area contributed by atoms with Gasteiger partial charge < -0.3 is 10.2 Å². The minimum absolute atomic E-state index is 0.529. The third-order valence-electron chi connectivity index (χ3n) is 3.71. The van der Waals surface area contributed by atoms with Crippen LogP contribution in [0.25, 0.3) is 0 Å². The molecule has 1 aromatic rings. The van der Waals surface area contributed by atoms with Gasteiger partial charge in [0.05, 0.1) is 5.69 Å². The number of nitrogens with zero attached hydrogens (tertiary/aromatic N) is 2. The highest BCUT2D eigenvalue weighted by Crippen LogP contribution is 2.26. The smallest absolute Gasteiger partial charge is 0.129 e. The molecule has 2 heterocycles. The Morgan fingerprint density at radius 3 is 2.94 bits per heavy atom. The normalized spacial score (nSPS) is 30.2. The molecule has 0 radical (unpaired) electrons. The summed E-state index contributed by atoms with van der Waals surface area (Å²) in [7, 11) is 2.21. The second-order valence-electron chi connectivity index (χ2n) is 5.09. The number of halogens is 1. The van der Waals surface area contributed by atoms with E-state index in [0.717, 1.165) is 16.8 Å². The fraction of sp³-hybridized carbons (Fsp3) is 0.615. The molecule has 1 N–H and O–H groups in total. The second kappa shape index (κ2) is 5.36. The number of aromatic nitrogens is 1. The van der Waals surface area contributed by atoms with Crippen LogP contribution in [0.3, 0.4) is 0 Å². The molecule has 3 nitrogen and oxygen atoms in total. The summed E-state index contributed by atoms with van der Waals surface area (Å²) in [5.41, 5.74) is 1.10. The van der Waals surface area contributed by atoms with Gasteiger partial charge in [-0.2, -0.15) is 0 Å². The van der Waals surface area contributed by atoms with Crippen molar-refractivity contribution in [3.8, 4) is 0 Å². The van der Waals surface area contributed by atoms with Crippen LogP contribution < -0.4 is 5.32 Å². The fourth-order valence-corrected chi connectivity index (χ4v) is 2.80. The molecule has 0 bridgehead atoms. The predicted octanol–water partition coefficient (Wildman–Crippen LogP) is 2.98. The van der Waals surface area contributed by atoms with Crippen LogP contribution in [0.5, 0.6) is 0 Å². The van der Waals surface area contributed by atoms with Crippen LogP contribution in [0.1, 0.15) is 20.3 Å². The van der Waals surface area contributed by atoms with Crippen LogP contribution >= 0.6 is 15.9 Å². The van der Waals surface area contributed by atoms with Crippen molar-refractivity contribution in [1.82, 2.24) is 9.88 Å². The number of hydrogen-bond donors (Lipinski definition) is 1. The molecule has 4 heteroatoms. The number of hydrogen-bond acceptors (Lipinski definition) is 3. The zero-order valence-electron chi connectivity index (χ0n) is 10.7. The number of anilines is 1. The number of rotatable bonds is 2. The quantitative estimate of drug-likeness (QED) is 0.851. The lowest BCUT2D eigenvalue weighted by molar-refractivity contribution is 0.145.